The molecule has 1 saturated heterocycles. The van der Waals surface area contributed by atoms with E-state index >= 15 is 0 Å². The monoisotopic (exact) mass is 576 g/mol. The third-order valence-electron chi connectivity index (χ3n) is 8.16. The summed E-state index contributed by atoms with van der Waals surface area (Å²) in [6.45, 7) is 4.35. The maximum atomic E-state index is 14.3. The number of hydrogen-bond acceptors (Lipinski definition) is 4. The molecule has 3 amide bonds. The van der Waals surface area contributed by atoms with Gasteiger partial charge in [0, 0.05) is 45.3 Å². The summed E-state index contributed by atoms with van der Waals surface area (Å²) in [4.78, 5) is 48.7. The van der Waals surface area contributed by atoms with E-state index in [2.05, 4.69) is 4.98 Å². The molecule has 0 radical (unpaired) electrons. The van der Waals surface area contributed by atoms with Crippen molar-refractivity contribution in [2.24, 2.45) is 5.92 Å². The van der Waals surface area contributed by atoms with E-state index in [-0.39, 0.29) is 37.3 Å². The Labute approximate surface area is 237 Å². The number of amides is 3. The SMILES string of the molecule is CCC[C@@H]1[C@H](C(=O)N2Cc3ccc(F)cc3C[C@H]2CN(C)C(=O)CC)CCCN1C(=O)c1ncccc1C(F)(F)F. The third kappa shape index (κ3) is 6.54. The van der Waals surface area contributed by atoms with Crippen molar-refractivity contribution in [1.29, 1.82) is 0 Å². The van der Waals surface area contributed by atoms with Crippen LogP contribution in [0.5, 0.6) is 0 Å². The van der Waals surface area contributed by atoms with Gasteiger partial charge in [0.05, 0.1) is 17.5 Å². The van der Waals surface area contributed by atoms with Crippen molar-refractivity contribution in [2.45, 2.75) is 77.2 Å². The number of nitrogens with zero attached hydrogens (tertiary/aromatic N) is 4. The molecule has 41 heavy (non-hydrogen) atoms. The molecule has 0 unspecified atom stereocenters. The molecule has 0 bridgehead atoms. The van der Waals surface area contributed by atoms with Crippen LogP contribution in [0.1, 0.15) is 73.1 Å². The Morgan fingerprint density at radius 2 is 1.85 bits per heavy atom. The lowest BCUT2D eigenvalue weighted by Crippen LogP contribution is -2.57. The molecule has 0 saturated carbocycles. The van der Waals surface area contributed by atoms with Crippen LogP contribution in [0.15, 0.2) is 36.5 Å². The summed E-state index contributed by atoms with van der Waals surface area (Å²) < 4.78 is 55.2. The van der Waals surface area contributed by atoms with Crippen LogP contribution in [-0.4, -0.2) is 69.6 Å². The van der Waals surface area contributed by atoms with Gasteiger partial charge in [0.15, 0.2) is 0 Å². The Bertz CT molecular complexity index is 1280. The lowest BCUT2D eigenvalue weighted by molar-refractivity contribution is -0.145. The van der Waals surface area contributed by atoms with Gasteiger partial charge in [-0.3, -0.25) is 19.4 Å². The van der Waals surface area contributed by atoms with E-state index in [9.17, 15) is 31.9 Å². The Morgan fingerprint density at radius 3 is 2.54 bits per heavy atom. The number of halogens is 4. The van der Waals surface area contributed by atoms with Crippen molar-refractivity contribution in [3.63, 3.8) is 0 Å². The molecule has 222 valence electrons. The van der Waals surface area contributed by atoms with Gasteiger partial charge in [0.2, 0.25) is 11.8 Å². The van der Waals surface area contributed by atoms with E-state index in [1.807, 2.05) is 6.92 Å². The van der Waals surface area contributed by atoms with Crippen LogP contribution in [0.3, 0.4) is 0 Å². The van der Waals surface area contributed by atoms with Crippen LogP contribution < -0.4 is 0 Å². The molecule has 1 aromatic carbocycles. The van der Waals surface area contributed by atoms with Crippen LogP contribution in [0.25, 0.3) is 0 Å². The van der Waals surface area contributed by atoms with E-state index < -0.39 is 41.3 Å². The lowest BCUT2D eigenvalue weighted by atomic mass is 9.83. The summed E-state index contributed by atoms with van der Waals surface area (Å²) >= 11 is 0. The van der Waals surface area contributed by atoms with Gasteiger partial charge >= 0.3 is 6.18 Å². The molecule has 4 rings (SSSR count). The number of likely N-dealkylation sites (N-methyl/N-ethyl adjacent to an activating group) is 1. The minimum absolute atomic E-state index is 0.0865. The molecular weight excluding hydrogens is 540 g/mol. The quantitative estimate of drug-likeness (QED) is 0.431. The van der Waals surface area contributed by atoms with Gasteiger partial charge < -0.3 is 14.7 Å². The average molecular weight is 577 g/mol. The van der Waals surface area contributed by atoms with Crippen molar-refractivity contribution in [3.05, 3.63) is 64.7 Å². The molecule has 1 aromatic heterocycles. The van der Waals surface area contributed by atoms with Gasteiger partial charge in [-0.1, -0.05) is 26.3 Å². The van der Waals surface area contributed by atoms with E-state index in [1.165, 1.54) is 17.0 Å². The van der Waals surface area contributed by atoms with Crippen LogP contribution in [0.4, 0.5) is 17.6 Å². The fourth-order valence-electron chi connectivity index (χ4n) is 6.13. The predicted molar refractivity (Wildman–Crippen MR) is 144 cm³/mol. The number of aromatic nitrogens is 1. The number of hydrogen-bond donors (Lipinski definition) is 0. The highest BCUT2D eigenvalue weighted by Gasteiger charge is 2.44. The van der Waals surface area contributed by atoms with Gasteiger partial charge in [-0.2, -0.15) is 13.2 Å². The second kappa shape index (κ2) is 12.6. The van der Waals surface area contributed by atoms with E-state index in [0.29, 0.717) is 38.5 Å². The molecule has 2 aromatic rings. The van der Waals surface area contributed by atoms with Crippen molar-refractivity contribution in [1.82, 2.24) is 19.7 Å². The fraction of sp³-hybridized carbons (Fsp3) is 0.533. The normalized spacial score (nSPS) is 20.9. The number of benzene rings is 1. The first-order valence-electron chi connectivity index (χ1n) is 14.1. The minimum Gasteiger partial charge on any atom is -0.344 e. The number of fused-ring (bicyclic) bond motifs is 1. The smallest absolute Gasteiger partial charge is 0.344 e. The molecular formula is C30H36F4N4O3. The zero-order chi connectivity index (χ0) is 29.9. The Balaban J connectivity index is 1.66. The standard InChI is InChI=1S/C30H36F4N4O3/c1-4-8-25-23(9-7-14-37(25)29(41)27-24(30(32,33)34)10-6-13-35-27)28(40)38-17-19-11-12-21(31)15-20(19)16-22(38)18-36(3)26(39)5-2/h6,10-13,15,22-23,25H,4-5,7-9,14,16-18H2,1-3H3/t22-,23+,25+/m0/s1. The average Bonchev–Trinajstić information content (AvgIpc) is 2.95. The van der Waals surface area contributed by atoms with Crippen LogP contribution >= 0.6 is 0 Å². The summed E-state index contributed by atoms with van der Waals surface area (Å²) in [5.74, 6) is -2.15. The highest BCUT2D eigenvalue weighted by molar-refractivity contribution is 5.95. The topological polar surface area (TPSA) is 73.8 Å². The van der Waals surface area contributed by atoms with E-state index in [0.717, 1.165) is 29.5 Å². The number of likely N-dealkylation sites (tertiary alicyclic amines) is 1. The van der Waals surface area contributed by atoms with E-state index in [4.69, 9.17) is 0 Å². The van der Waals surface area contributed by atoms with Crippen LogP contribution in [-0.2, 0) is 28.7 Å². The molecule has 0 N–H and O–H groups in total. The van der Waals surface area contributed by atoms with Crippen molar-refractivity contribution in [2.75, 3.05) is 20.1 Å². The zero-order valence-corrected chi connectivity index (χ0v) is 23.6. The first kappa shape index (κ1) is 30.5. The first-order valence-corrected chi connectivity index (χ1v) is 14.1. The Morgan fingerprint density at radius 1 is 1.10 bits per heavy atom. The van der Waals surface area contributed by atoms with Gasteiger partial charge in [-0.05, 0) is 61.1 Å². The molecule has 1 fully saturated rings. The van der Waals surface area contributed by atoms with Gasteiger partial charge in [-0.25, -0.2) is 4.39 Å². The van der Waals surface area contributed by atoms with Crippen molar-refractivity contribution in [3.8, 4) is 0 Å². The first-order chi connectivity index (χ1) is 19.5. The lowest BCUT2D eigenvalue weighted by Gasteiger charge is -2.45. The molecule has 7 nitrogen and oxygen atoms in total. The second-order valence-electron chi connectivity index (χ2n) is 10.9. The number of pyridine rings is 1. The second-order valence-corrected chi connectivity index (χ2v) is 10.9. The largest absolute Gasteiger partial charge is 0.418 e. The maximum Gasteiger partial charge on any atom is 0.418 e. The van der Waals surface area contributed by atoms with Crippen molar-refractivity contribution >= 4 is 17.7 Å². The van der Waals surface area contributed by atoms with Gasteiger partial charge in [0.25, 0.3) is 5.91 Å². The van der Waals surface area contributed by atoms with Crippen LogP contribution in [0.2, 0.25) is 0 Å². The summed E-state index contributed by atoms with van der Waals surface area (Å²) in [7, 11) is 1.67. The molecule has 0 aliphatic carbocycles. The summed E-state index contributed by atoms with van der Waals surface area (Å²) in [6, 6.07) is 5.42. The third-order valence-corrected chi connectivity index (χ3v) is 8.16. The summed E-state index contributed by atoms with van der Waals surface area (Å²) in [6.07, 6.45) is -0.950. The molecule has 3 heterocycles. The number of rotatable bonds is 7. The fourth-order valence-corrected chi connectivity index (χ4v) is 6.13. The number of piperidine rings is 1. The number of carbonyl (C=O) groups excluding carboxylic acids is 3. The number of alkyl halides is 3. The van der Waals surface area contributed by atoms with Gasteiger partial charge in [-0.15, -0.1) is 0 Å². The molecule has 2 aliphatic rings. The summed E-state index contributed by atoms with van der Waals surface area (Å²) in [5, 5.41) is 0. The van der Waals surface area contributed by atoms with Crippen LogP contribution in [0, 0.1) is 11.7 Å². The predicted octanol–water partition coefficient (Wildman–Crippen LogP) is 5.08. The molecule has 0 spiro atoms. The molecule has 2 aliphatic heterocycles. The molecule has 3 atom stereocenters. The van der Waals surface area contributed by atoms with Gasteiger partial charge in [0.1, 0.15) is 11.5 Å². The van der Waals surface area contributed by atoms with E-state index in [1.54, 1.807) is 29.8 Å². The Kier molecular flexibility index (Phi) is 9.34. The highest BCUT2D eigenvalue weighted by atomic mass is 19.4. The Hall–Kier alpha value is -3.50. The number of carbonyl (C=O) groups is 3. The van der Waals surface area contributed by atoms with Crippen molar-refractivity contribution < 1.29 is 31.9 Å². The zero-order valence-electron chi connectivity index (χ0n) is 23.6. The molecule has 11 heteroatoms. The maximum absolute atomic E-state index is 14.3. The summed E-state index contributed by atoms with van der Waals surface area (Å²) in [5.41, 5.74) is -0.186. The minimum atomic E-state index is -4.75. The highest BCUT2D eigenvalue weighted by Crippen LogP contribution is 2.36.